The van der Waals surface area contributed by atoms with E-state index >= 15 is 0 Å². The quantitative estimate of drug-likeness (QED) is 0.910. The van der Waals surface area contributed by atoms with Crippen molar-refractivity contribution >= 4 is 11.9 Å². The molecule has 0 spiro atoms. The SMILES string of the molecule is COc1cc(OC)cc(C(=O)N2CC(C)C(C(=O)O)C2)c1. The van der Waals surface area contributed by atoms with Crippen LogP contribution in [0, 0.1) is 11.8 Å². The standard InChI is InChI=1S/C15H19NO5/c1-9-7-16(8-13(9)15(18)19)14(17)10-4-11(20-2)6-12(5-10)21-3/h4-6,9,13H,7-8H2,1-3H3,(H,18,19). The molecule has 1 amide bonds. The molecule has 1 N–H and O–H groups in total. The number of amides is 1. The van der Waals surface area contributed by atoms with E-state index in [9.17, 15) is 9.59 Å². The molecule has 0 aromatic heterocycles. The Labute approximate surface area is 123 Å². The molecule has 1 heterocycles. The number of ether oxygens (including phenoxy) is 2. The van der Waals surface area contributed by atoms with Crippen LogP contribution in [0.25, 0.3) is 0 Å². The lowest BCUT2D eigenvalue weighted by Crippen LogP contribution is -2.30. The number of nitrogens with zero attached hydrogens (tertiary/aromatic N) is 1. The number of hydrogen-bond donors (Lipinski definition) is 1. The molecule has 2 atom stereocenters. The number of carboxylic acids is 1. The minimum atomic E-state index is -0.860. The summed E-state index contributed by atoms with van der Waals surface area (Å²) in [5.74, 6) is -0.580. The lowest BCUT2D eigenvalue weighted by molar-refractivity contribution is -0.142. The second kappa shape index (κ2) is 6.03. The number of hydrogen-bond acceptors (Lipinski definition) is 4. The van der Waals surface area contributed by atoms with Crippen molar-refractivity contribution in [3.8, 4) is 11.5 Å². The van der Waals surface area contributed by atoms with Gasteiger partial charge in [-0.1, -0.05) is 6.92 Å². The first-order valence-corrected chi connectivity index (χ1v) is 6.71. The minimum absolute atomic E-state index is 0.0565. The van der Waals surface area contributed by atoms with Gasteiger partial charge in [0, 0.05) is 24.7 Å². The van der Waals surface area contributed by atoms with Crippen LogP contribution in [0.1, 0.15) is 17.3 Å². The summed E-state index contributed by atoms with van der Waals surface area (Å²) in [4.78, 5) is 25.2. The van der Waals surface area contributed by atoms with Gasteiger partial charge in [0.05, 0.1) is 20.1 Å². The van der Waals surface area contributed by atoms with Gasteiger partial charge in [-0.3, -0.25) is 9.59 Å². The molecule has 6 heteroatoms. The topological polar surface area (TPSA) is 76.1 Å². The largest absolute Gasteiger partial charge is 0.497 e. The Hall–Kier alpha value is -2.24. The fraction of sp³-hybridized carbons (Fsp3) is 0.467. The Morgan fingerprint density at radius 1 is 1.14 bits per heavy atom. The van der Waals surface area contributed by atoms with Crippen molar-refractivity contribution in [2.24, 2.45) is 11.8 Å². The maximum absolute atomic E-state index is 12.5. The van der Waals surface area contributed by atoms with Crippen LogP contribution in [0.5, 0.6) is 11.5 Å². The van der Waals surface area contributed by atoms with Gasteiger partial charge in [-0.15, -0.1) is 0 Å². The summed E-state index contributed by atoms with van der Waals surface area (Å²) in [7, 11) is 3.03. The molecule has 1 fully saturated rings. The summed E-state index contributed by atoms with van der Waals surface area (Å²) < 4.78 is 10.3. The van der Waals surface area contributed by atoms with Crippen molar-refractivity contribution in [1.29, 1.82) is 0 Å². The van der Waals surface area contributed by atoms with E-state index in [0.29, 0.717) is 23.6 Å². The molecule has 6 nitrogen and oxygen atoms in total. The van der Waals surface area contributed by atoms with Crippen LogP contribution in [0.2, 0.25) is 0 Å². The Bertz CT molecular complexity index is 535. The molecule has 2 unspecified atom stereocenters. The molecular weight excluding hydrogens is 274 g/mol. The van der Waals surface area contributed by atoms with Gasteiger partial charge < -0.3 is 19.5 Å². The highest BCUT2D eigenvalue weighted by Crippen LogP contribution is 2.27. The fourth-order valence-electron chi connectivity index (χ4n) is 2.57. The summed E-state index contributed by atoms with van der Waals surface area (Å²) >= 11 is 0. The first-order chi connectivity index (χ1) is 9.96. The normalized spacial score (nSPS) is 21.2. The molecule has 1 saturated heterocycles. The van der Waals surface area contributed by atoms with Crippen LogP contribution in [0.4, 0.5) is 0 Å². The number of aliphatic carboxylic acids is 1. The maximum Gasteiger partial charge on any atom is 0.308 e. The summed E-state index contributed by atoms with van der Waals surface area (Å²) in [5.41, 5.74) is 0.435. The van der Waals surface area contributed by atoms with Crippen molar-refractivity contribution in [1.82, 2.24) is 4.90 Å². The number of likely N-dealkylation sites (tertiary alicyclic amines) is 1. The molecule has 114 valence electrons. The molecule has 1 aliphatic rings. The third-order valence-electron chi connectivity index (χ3n) is 3.82. The van der Waals surface area contributed by atoms with Gasteiger partial charge in [0.2, 0.25) is 0 Å². The second-order valence-corrected chi connectivity index (χ2v) is 5.23. The van der Waals surface area contributed by atoms with Gasteiger partial charge in [-0.05, 0) is 18.1 Å². The molecule has 0 radical (unpaired) electrons. The predicted octanol–water partition coefficient (Wildman–Crippen LogP) is 1.50. The van der Waals surface area contributed by atoms with Gasteiger partial charge in [-0.2, -0.15) is 0 Å². The van der Waals surface area contributed by atoms with E-state index in [-0.39, 0.29) is 18.4 Å². The van der Waals surface area contributed by atoms with Crippen molar-refractivity contribution in [2.45, 2.75) is 6.92 Å². The highest BCUT2D eigenvalue weighted by atomic mass is 16.5. The zero-order chi connectivity index (χ0) is 15.6. The van der Waals surface area contributed by atoms with Crippen LogP contribution in [-0.2, 0) is 4.79 Å². The van der Waals surface area contributed by atoms with Gasteiger partial charge in [0.25, 0.3) is 5.91 Å². The monoisotopic (exact) mass is 293 g/mol. The van der Waals surface area contributed by atoms with Crippen LogP contribution in [0.15, 0.2) is 18.2 Å². The summed E-state index contributed by atoms with van der Waals surface area (Å²) in [6, 6.07) is 4.94. The number of methoxy groups -OCH3 is 2. The van der Waals surface area contributed by atoms with Crippen molar-refractivity contribution in [2.75, 3.05) is 27.3 Å². The Balaban J connectivity index is 2.23. The molecule has 0 saturated carbocycles. The van der Waals surface area contributed by atoms with Crippen LogP contribution >= 0.6 is 0 Å². The van der Waals surface area contributed by atoms with Gasteiger partial charge in [0.15, 0.2) is 0 Å². The fourth-order valence-corrected chi connectivity index (χ4v) is 2.57. The van der Waals surface area contributed by atoms with E-state index < -0.39 is 11.9 Å². The number of rotatable bonds is 4. The highest BCUT2D eigenvalue weighted by molar-refractivity contribution is 5.95. The molecule has 1 aromatic carbocycles. The van der Waals surface area contributed by atoms with Crippen molar-refractivity contribution < 1.29 is 24.2 Å². The molecule has 0 bridgehead atoms. The van der Waals surface area contributed by atoms with E-state index in [1.807, 2.05) is 6.92 Å². The molecule has 1 aliphatic heterocycles. The summed E-state index contributed by atoms with van der Waals surface area (Å²) in [6.07, 6.45) is 0. The maximum atomic E-state index is 12.5. The summed E-state index contributed by atoms with van der Waals surface area (Å²) in [5, 5.41) is 9.14. The lowest BCUT2D eigenvalue weighted by atomic mass is 9.99. The zero-order valence-electron chi connectivity index (χ0n) is 12.3. The Morgan fingerprint density at radius 2 is 1.71 bits per heavy atom. The molecule has 2 rings (SSSR count). The number of benzene rings is 1. The minimum Gasteiger partial charge on any atom is -0.497 e. The summed E-state index contributed by atoms with van der Waals surface area (Å²) in [6.45, 7) is 2.52. The average Bonchev–Trinajstić information content (AvgIpc) is 2.87. The van der Waals surface area contributed by atoms with Crippen LogP contribution in [0.3, 0.4) is 0 Å². The Morgan fingerprint density at radius 3 is 2.14 bits per heavy atom. The van der Waals surface area contributed by atoms with E-state index in [4.69, 9.17) is 14.6 Å². The van der Waals surface area contributed by atoms with Gasteiger partial charge in [0.1, 0.15) is 11.5 Å². The second-order valence-electron chi connectivity index (χ2n) is 5.23. The zero-order valence-corrected chi connectivity index (χ0v) is 12.3. The van der Waals surface area contributed by atoms with E-state index in [2.05, 4.69) is 0 Å². The third-order valence-corrected chi connectivity index (χ3v) is 3.82. The molecular formula is C15H19NO5. The van der Waals surface area contributed by atoms with Crippen molar-refractivity contribution in [3.63, 3.8) is 0 Å². The number of carbonyl (C=O) groups is 2. The first-order valence-electron chi connectivity index (χ1n) is 6.71. The first kappa shape index (κ1) is 15.2. The van der Waals surface area contributed by atoms with E-state index in [1.165, 1.54) is 14.2 Å². The van der Waals surface area contributed by atoms with Crippen molar-refractivity contribution in [3.05, 3.63) is 23.8 Å². The smallest absolute Gasteiger partial charge is 0.308 e. The Kier molecular flexibility index (Phi) is 4.35. The lowest BCUT2D eigenvalue weighted by Gasteiger charge is -2.17. The van der Waals surface area contributed by atoms with Crippen LogP contribution < -0.4 is 9.47 Å². The van der Waals surface area contributed by atoms with Crippen LogP contribution in [-0.4, -0.2) is 49.2 Å². The molecule has 21 heavy (non-hydrogen) atoms. The highest BCUT2D eigenvalue weighted by Gasteiger charge is 2.37. The third kappa shape index (κ3) is 3.09. The molecule has 0 aliphatic carbocycles. The van der Waals surface area contributed by atoms with Gasteiger partial charge in [-0.25, -0.2) is 0 Å². The van der Waals surface area contributed by atoms with E-state index in [0.717, 1.165) is 0 Å². The molecule has 1 aromatic rings. The number of carboxylic acid groups (broad SMARTS) is 1. The number of carbonyl (C=O) groups excluding carboxylic acids is 1. The van der Waals surface area contributed by atoms with Gasteiger partial charge >= 0.3 is 5.97 Å². The predicted molar refractivity (Wildman–Crippen MR) is 75.7 cm³/mol. The van der Waals surface area contributed by atoms with E-state index in [1.54, 1.807) is 23.1 Å². The average molecular weight is 293 g/mol.